The molecular weight excluding hydrogens is 374 g/mol. The molecular formula is C19H22F2N2O3S. The number of benzene rings is 2. The fraction of sp³-hybridized carbons (Fsp3) is 0.316. The first kappa shape index (κ1) is 20.8. The molecule has 0 bridgehead atoms. The number of nitrogens with zero attached hydrogens (tertiary/aromatic N) is 1. The van der Waals surface area contributed by atoms with Gasteiger partial charge < -0.3 is 5.32 Å². The largest absolute Gasteiger partial charge is 0.326 e. The molecule has 0 aliphatic rings. The number of halogens is 2. The van der Waals surface area contributed by atoms with Crippen LogP contribution in [0.1, 0.15) is 24.0 Å². The Morgan fingerprint density at radius 2 is 1.78 bits per heavy atom. The Bertz CT molecular complexity index is 946. The van der Waals surface area contributed by atoms with E-state index in [9.17, 15) is 22.0 Å². The van der Waals surface area contributed by atoms with Crippen molar-refractivity contribution >= 4 is 27.3 Å². The van der Waals surface area contributed by atoms with Gasteiger partial charge in [0.05, 0.1) is 11.9 Å². The molecule has 0 atom stereocenters. The molecule has 0 saturated heterocycles. The van der Waals surface area contributed by atoms with Crippen LogP contribution < -0.4 is 9.62 Å². The van der Waals surface area contributed by atoms with E-state index in [0.29, 0.717) is 5.69 Å². The molecule has 0 fully saturated rings. The molecule has 0 radical (unpaired) electrons. The highest BCUT2D eigenvalue weighted by atomic mass is 32.2. The number of aryl methyl sites for hydroxylation is 2. The molecule has 1 amide bonds. The van der Waals surface area contributed by atoms with Crippen molar-refractivity contribution in [1.29, 1.82) is 0 Å². The quantitative estimate of drug-likeness (QED) is 0.775. The second-order valence-electron chi connectivity index (χ2n) is 6.40. The van der Waals surface area contributed by atoms with Crippen LogP contribution in [0.5, 0.6) is 0 Å². The molecule has 0 spiro atoms. The second-order valence-corrected chi connectivity index (χ2v) is 8.31. The summed E-state index contributed by atoms with van der Waals surface area (Å²) in [6, 6.07) is 8.53. The fourth-order valence-electron chi connectivity index (χ4n) is 2.68. The van der Waals surface area contributed by atoms with Gasteiger partial charge in [-0.2, -0.15) is 0 Å². The highest BCUT2D eigenvalue weighted by Crippen LogP contribution is 2.21. The lowest BCUT2D eigenvalue weighted by molar-refractivity contribution is -0.116. The zero-order valence-corrected chi connectivity index (χ0v) is 16.2. The lowest BCUT2D eigenvalue weighted by atomic mass is 10.1. The summed E-state index contributed by atoms with van der Waals surface area (Å²) in [6.07, 6.45) is 1.29. The van der Waals surface area contributed by atoms with E-state index in [1.165, 1.54) is 6.07 Å². The lowest BCUT2D eigenvalue weighted by Crippen LogP contribution is -2.31. The SMILES string of the molecule is Cc1ccc(NC(=O)CCCN(c2ccc(F)c(F)c2)S(C)(=O)=O)c(C)c1. The number of nitrogens with one attached hydrogen (secondary N) is 1. The number of carbonyl (C=O) groups excluding carboxylic acids is 1. The van der Waals surface area contributed by atoms with Crippen molar-refractivity contribution < 1.29 is 22.0 Å². The van der Waals surface area contributed by atoms with E-state index >= 15 is 0 Å². The van der Waals surface area contributed by atoms with Crippen LogP contribution in [0.25, 0.3) is 0 Å². The van der Waals surface area contributed by atoms with Crippen molar-refractivity contribution in [2.24, 2.45) is 0 Å². The molecule has 146 valence electrons. The Kier molecular flexibility index (Phi) is 6.54. The first-order chi connectivity index (χ1) is 12.6. The highest BCUT2D eigenvalue weighted by molar-refractivity contribution is 7.92. The van der Waals surface area contributed by atoms with Gasteiger partial charge in [0.2, 0.25) is 15.9 Å². The number of carbonyl (C=O) groups is 1. The van der Waals surface area contributed by atoms with Crippen LogP contribution in [0.3, 0.4) is 0 Å². The molecule has 27 heavy (non-hydrogen) atoms. The van der Waals surface area contributed by atoms with Gasteiger partial charge in [0.1, 0.15) is 0 Å². The van der Waals surface area contributed by atoms with Crippen molar-refractivity contribution in [3.05, 3.63) is 59.2 Å². The summed E-state index contributed by atoms with van der Waals surface area (Å²) in [5.41, 5.74) is 2.74. The van der Waals surface area contributed by atoms with Crippen molar-refractivity contribution in [2.45, 2.75) is 26.7 Å². The summed E-state index contributed by atoms with van der Waals surface area (Å²) < 4.78 is 51.4. The molecule has 2 rings (SSSR count). The van der Waals surface area contributed by atoms with E-state index in [2.05, 4.69) is 5.32 Å². The Morgan fingerprint density at radius 1 is 1.07 bits per heavy atom. The van der Waals surface area contributed by atoms with Crippen LogP contribution >= 0.6 is 0 Å². The van der Waals surface area contributed by atoms with Gasteiger partial charge in [-0.3, -0.25) is 9.10 Å². The number of hydrogen-bond acceptors (Lipinski definition) is 3. The van der Waals surface area contributed by atoms with Crippen molar-refractivity contribution in [2.75, 3.05) is 22.4 Å². The topological polar surface area (TPSA) is 66.5 Å². The van der Waals surface area contributed by atoms with E-state index in [-0.39, 0.29) is 31.0 Å². The molecule has 1 N–H and O–H groups in total. The Morgan fingerprint density at radius 3 is 2.37 bits per heavy atom. The summed E-state index contributed by atoms with van der Waals surface area (Å²) in [7, 11) is -3.70. The minimum absolute atomic E-state index is 0.0196. The van der Waals surface area contributed by atoms with E-state index < -0.39 is 21.7 Å². The Balaban J connectivity index is 2.01. The third kappa shape index (κ3) is 5.75. The van der Waals surface area contributed by atoms with Crippen molar-refractivity contribution in [3.8, 4) is 0 Å². The minimum Gasteiger partial charge on any atom is -0.326 e. The molecule has 0 aromatic heterocycles. The van der Waals surface area contributed by atoms with Gasteiger partial charge in [-0.1, -0.05) is 17.7 Å². The van der Waals surface area contributed by atoms with Crippen LogP contribution in [0.4, 0.5) is 20.2 Å². The van der Waals surface area contributed by atoms with Gasteiger partial charge in [-0.05, 0) is 44.0 Å². The normalized spacial score (nSPS) is 11.3. The molecule has 0 saturated carbocycles. The van der Waals surface area contributed by atoms with Crippen LogP contribution in [-0.4, -0.2) is 27.1 Å². The first-order valence-corrected chi connectivity index (χ1v) is 10.2. The van der Waals surface area contributed by atoms with Crippen LogP contribution in [-0.2, 0) is 14.8 Å². The van der Waals surface area contributed by atoms with Crippen LogP contribution in [0.2, 0.25) is 0 Å². The summed E-state index contributed by atoms with van der Waals surface area (Å²) in [5.74, 6) is -2.44. The van der Waals surface area contributed by atoms with Gasteiger partial charge in [-0.25, -0.2) is 17.2 Å². The maximum atomic E-state index is 13.4. The highest BCUT2D eigenvalue weighted by Gasteiger charge is 2.19. The number of hydrogen-bond donors (Lipinski definition) is 1. The van der Waals surface area contributed by atoms with E-state index in [1.54, 1.807) is 0 Å². The number of sulfonamides is 1. The molecule has 2 aromatic rings. The Hall–Kier alpha value is -2.48. The molecule has 0 aliphatic heterocycles. The van der Waals surface area contributed by atoms with Crippen molar-refractivity contribution in [3.63, 3.8) is 0 Å². The predicted octanol–water partition coefficient (Wildman–Crippen LogP) is 3.77. The zero-order valence-electron chi connectivity index (χ0n) is 15.4. The van der Waals surface area contributed by atoms with Gasteiger partial charge in [0.15, 0.2) is 11.6 Å². The molecule has 2 aromatic carbocycles. The third-order valence-electron chi connectivity index (χ3n) is 4.01. The number of anilines is 2. The maximum Gasteiger partial charge on any atom is 0.232 e. The Labute approximate surface area is 158 Å². The van der Waals surface area contributed by atoms with Crippen LogP contribution in [0.15, 0.2) is 36.4 Å². The summed E-state index contributed by atoms with van der Waals surface area (Å²) in [6.45, 7) is 3.82. The van der Waals surface area contributed by atoms with Gasteiger partial charge in [0.25, 0.3) is 0 Å². The zero-order chi connectivity index (χ0) is 20.2. The summed E-state index contributed by atoms with van der Waals surface area (Å²) in [5, 5.41) is 2.79. The van der Waals surface area contributed by atoms with Gasteiger partial charge in [-0.15, -0.1) is 0 Å². The van der Waals surface area contributed by atoms with Gasteiger partial charge in [0, 0.05) is 24.7 Å². The molecule has 8 heteroatoms. The first-order valence-electron chi connectivity index (χ1n) is 8.38. The lowest BCUT2D eigenvalue weighted by Gasteiger charge is -2.22. The summed E-state index contributed by atoms with van der Waals surface area (Å²) >= 11 is 0. The number of rotatable bonds is 7. The standard InChI is InChI=1S/C19H22F2N2O3S/c1-13-6-9-18(14(2)11-13)22-19(24)5-4-10-23(27(3,25)26)15-7-8-16(20)17(21)12-15/h6-9,11-12H,4-5,10H2,1-3H3,(H,22,24). The average molecular weight is 396 g/mol. The molecule has 0 unspecified atom stereocenters. The van der Waals surface area contributed by atoms with Crippen LogP contribution in [0, 0.1) is 25.5 Å². The monoisotopic (exact) mass is 396 g/mol. The van der Waals surface area contributed by atoms with E-state index in [0.717, 1.165) is 33.8 Å². The third-order valence-corrected chi connectivity index (χ3v) is 5.21. The molecule has 5 nitrogen and oxygen atoms in total. The maximum absolute atomic E-state index is 13.4. The molecule has 0 aliphatic carbocycles. The van der Waals surface area contributed by atoms with E-state index in [1.807, 2.05) is 32.0 Å². The molecule has 0 heterocycles. The summed E-state index contributed by atoms with van der Waals surface area (Å²) in [4.78, 5) is 12.1. The van der Waals surface area contributed by atoms with E-state index in [4.69, 9.17) is 0 Å². The number of amides is 1. The predicted molar refractivity (Wildman–Crippen MR) is 102 cm³/mol. The average Bonchev–Trinajstić information content (AvgIpc) is 2.56. The second kappa shape index (κ2) is 8.47. The van der Waals surface area contributed by atoms with Crippen molar-refractivity contribution in [1.82, 2.24) is 0 Å². The minimum atomic E-state index is -3.70. The van der Waals surface area contributed by atoms with Gasteiger partial charge >= 0.3 is 0 Å². The fourth-order valence-corrected chi connectivity index (χ4v) is 3.63. The smallest absolute Gasteiger partial charge is 0.232 e.